The van der Waals surface area contributed by atoms with Gasteiger partial charge in [0.25, 0.3) is 0 Å². The quantitative estimate of drug-likeness (QED) is 0.145. The number of hydrogen-bond donors (Lipinski definition) is 3. The van der Waals surface area contributed by atoms with E-state index in [1.807, 2.05) is 0 Å². The Bertz CT molecular complexity index is 679. The molecule has 0 bridgehead atoms. The van der Waals surface area contributed by atoms with E-state index in [1.165, 1.54) is 16.7 Å². The Morgan fingerprint density at radius 2 is 1.66 bits per heavy atom. The highest BCUT2D eigenvalue weighted by molar-refractivity contribution is 7.99. The molecule has 0 aliphatic heterocycles. The van der Waals surface area contributed by atoms with Crippen molar-refractivity contribution in [3.63, 3.8) is 0 Å². The van der Waals surface area contributed by atoms with Gasteiger partial charge in [-0.25, -0.2) is 4.79 Å². The summed E-state index contributed by atoms with van der Waals surface area (Å²) in [5.41, 5.74) is 4.11. The summed E-state index contributed by atoms with van der Waals surface area (Å²) in [6.45, 7) is 14.8. The number of ether oxygens (including phenoxy) is 1. The fraction of sp³-hybridized carbons (Fsp3) is 0.600. The van der Waals surface area contributed by atoms with Gasteiger partial charge in [-0.3, -0.25) is 4.79 Å². The molecule has 0 saturated carbocycles. The van der Waals surface area contributed by atoms with Gasteiger partial charge in [0, 0.05) is 18.1 Å². The number of rotatable bonds is 18. The van der Waals surface area contributed by atoms with Crippen LogP contribution in [0.1, 0.15) is 66.7 Å². The monoisotopic (exact) mass is 466 g/mol. The van der Waals surface area contributed by atoms with Crippen molar-refractivity contribution in [2.75, 3.05) is 24.7 Å². The van der Waals surface area contributed by atoms with Crippen LogP contribution in [0.3, 0.4) is 0 Å². The fourth-order valence-corrected chi connectivity index (χ4v) is 3.71. The number of esters is 1. The van der Waals surface area contributed by atoms with Gasteiger partial charge in [0.2, 0.25) is 0 Å². The summed E-state index contributed by atoms with van der Waals surface area (Å²) in [5.74, 6) is 0.348. The molecule has 7 heteroatoms. The molecule has 0 aromatic heterocycles. The third-order valence-electron chi connectivity index (χ3n) is 4.58. The summed E-state index contributed by atoms with van der Waals surface area (Å²) in [4.78, 5) is 22.8. The number of carbonyl (C=O) groups is 2. The zero-order chi connectivity index (χ0) is 24.4. The summed E-state index contributed by atoms with van der Waals surface area (Å²) in [6, 6.07) is -0.748. The van der Waals surface area contributed by atoms with Gasteiger partial charge < -0.3 is 20.5 Å². The first-order valence-corrected chi connectivity index (χ1v) is 12.4. The van der Waals surface area contributed by atoms with Gasteiger partial charge in [-0.15, -0.1) is 0 Å². The molecule has 1 atom stereocenters. The van der Waals surface area contributed by atoms with Gasteiger partial charge in [-0.1, -0.05) is 41.5 Å². The van der Waals surface area contributed by atoms with Crippen LogP contribution in [0.2, 0.25) is 0 Å². The number of aliphatic carboxylic acids is 1. The molecule has 0 heterocycles. The van der Waals surface area contributed by atoms with Crippen molar-refractivity contribution >= 4 is 23.7 Å². The fourth-order valence-electron chi connectivity index (χ4n) is 2.71. The van der Waals surface area contributed by atoms with Gasteiger partial charge in [-0.05, 0) is 60.3 Å². The summed E-state index contributed by atoms with van der Waals surface area (Å²) in [5, 5.41) is 15.2. The second kappa shape index (κ2) is 18.4. The van der Waals surface area contributed by atoms with Crippen LogP contribution in [0.4, 0.5) is 0 Å². The Labute approximate surface area is 198 Å². The van der Waals surface area contributed by atoms with Crippen molar-refractivity contribution in [1.29, 1.82) is 0 Å². The smallest absolute Gasteiger partial charge is 0.327 e. The topological polar surface area (TPSA) is 87.7 Å². The number of nitrogens with one attached hydrogen (secondary N) is 2. The van der Waals surface area contributed by atoms with Crippen LogP contribution in [-0.2, 0) is 14.3 Å². The maximum absolute atomic E-state index is 11.5. The number of hydrogen-bond acceptors (Lipinski definition) is 6. The van der Waals surface area contributed by atoms with Crippen molar-refractivity contribution in [2.45, 2.75) is 72.8 Å². The van der Waals surface area contributed by atoms with Crippen LogP contribution >= 0.6 is 11.8 Å². The van der Waals surface area contributed by atoms with Crippen molar-refractivity contribution in [3.05, 3.63) is 47.3 Å². The highest BCUT2D eigenvalue weighted by atomic mass is 32.2. The lowest BCUT2D eigenvalue weighted by molar-refractivity contribution is -0.143. The van der Waals surface area contributed by atoms with Gasteiger partial charge in [0.05, 0.1) is 18.8 Å². The summed E-state index contributed by atoms with van der Waals surface area (Å²) < 4.78 is 4.85. The van der Waals surface area contributed by atoms with Crippen LogP contribution < -0.4 is 10.6 Å². The Morgan fingerprint density at radius 1 is 1.03 bits per heavy atom. The molecule has 0 unspecified atom stereocenters. The second-order valence-corrected chi connectivity index (χ2v) is 9.07. The molecule has 182 valence electrons. The minimum atomic E-state index is -0.930. The molecule has 0 amide bonds. The molecule has 0 spiro atoms. The first-order chi connectivity index (χ1) is 15.1. The summed E-state index contributed by atoms with van der Waals surface area (Å²) in [6.07, 6.45) is 11.2. The Hall–Kier alpha value is -2.15. The molecule has 0 saturated heterocycles. The van der Waals surface area contributed by atoms with Gasteiger partial charge in [0.1, 0.15) is 6.04 Å². The summed E-state index contributed by atoms with van der Waals surface area (Å²) >= 11 is 1.56. The van der Waals surface area contributed by atoms with Crippen LogP contribution in [0.15, 0.2) is 47.3 Å². The van der Waals surface area contributed by atoms with Gasteiger partial charge >= 0.3 is 11.9 Å². The van der Waals surface area contributed by atoms with Crippen molar-refractivity contribution < 1.29 is 19.4 Å². The lowest BCUT2D eigenvalue weighted by Gasteiger charge is -2.18. The minimum Gasteiger partial charge on any atom is -0.480 e. The molecule has 0 aliphatic carbocycles. The van der Waals surface area contributed by atoms with E-state index in [-0.39, 0.29) is 12.4 Å². The molecule has 0 fully saturated rings. The van der Waals surface area contributed by atoms with Crippen molar-refractivity contribution in [3.8, 4) is 0 Å². The standard InChI is InChI=1S/C25H42N2O4S/c1-7-31-24(28)14-16-26-22(6)27-23(25(29)30)18-32-17-15-21(5)13-9-12-20(4)11-8-10-19(2)3/h10,12,15,23,26-27H,6-9,11,13-14,16-18H2,1-5H3,(H,29,30)/b20-12+,21-15+/t23-/m0/s1. The first-order valence-electron chi connectivity index (χ1n) is 11.3. The highest BCUT2D eigenvalue weighted by Gasteiger charge is 2.17. The largest absolute Gasteiger partial charge is 0.480 e. The Balaban J connectivity index is 4.20. The molecule has 0 aromatic rings. The molecule has 0 rings (SSSR count). The molecule has 6 nitrogen and oxygen atoms in total. The molecule has 3 N–H and O–H groups in total. The Kier molecular flexibility index (Phi) is 17.2. The van der Waals surface area contributed by atoms with E-state index < -0.39 is 12.0 Å². The van der Waals surface area contributed by atoms with E-state index in [1.54, 1.807) is 18.7 Å². The minimum absolute atomic E-state index is 0.204. The lowest BCUT2D eigenvalue weighted by Crippen LogP contribution is -2.42. The lowest BCUT2D eigenvalue weighted by atomic mass is 10.1. The molecule has 0 radical (unpaired) electrons. The SMILES string of the molecule is C=C(NCCC(=O)OCC)N[C@@H](CSC/C=C(\C)CC/C=C(\C)CCC=C(C)C)C(=O)O. The van der Waals surface area contributed by atoms with Gasteiger partial charge in [-0.2, -0.15) is 11.8 Å². The normalized spacial score (nSPS) is 12.7. The van der Waals surface area contributed by atoms with Crippen molar-refractivity contribution in [1.82, 2.24) is 10.6 Å². The average molecular weight is 467 g/mol. The predicted molar refractivity (Wildman–Crippen MR) is 136 cm³/mol. The van der Waals surface area contributed by atoms with E-state index in [0.29, 0.717) is 24.7 Å². The Morgan fingerprint density at radius 3 is 2.25 bits per heavy atom. The molecule has 0 aliphatic rings. The zero-order valence-corrected chi connectivity index (χ0v) is 21.3. The number of allylic oxidation sites excluding steroid dienone is 5. The molecule has 32 heavy (non-hydrogen) atoms. The maximum atomic E-state index is 11.5. The third kappa shape index (κ3) is 17.5. The van der Waals surface area contributed by atoms with E-state index in [0.717, 1.165) is 31.4 Å². The van der Waals surface area contributed by atoms with E-state index >= 15 is 0 Å². The van der Waals surface area contributed by atoms with Crippen LogP contribution in [0, 0.1) is 0 Å². The highest BCUT2D eigenvalue weighted by Crippen LogP contribution is 2.13. The number of thioether (sulfide) groups is 1. The number of carboxylic acid groups (broad SMARTS) is 1. The number of carbonyl (C=O) groups excluding carboxylic acids is 1. The zero-order valence-electron chi connectivity index (χ0n) is 20.5. The molecular formula is C25H42N2O4S. The summed E-state index contributed by atoms with van der Waals surface area (Å²) in [7, 11) is 0. The van der Waals surface area contributed by atoms with Gasteiger partial charge in [0.15, 0.2) is 0 Å². The first kappa shape index (κ1) is 29.9. The van der Waals surface area contributed by atoms with Crippen molar-refractivity contribution in [2.24, 2.45) is 0 Å². The molecular weight excluding hydrogens is 424 g/mol. The molecule has 0 aromatic carbocycles. The van der Waals surface area contributed by atoms with E-state index in [9.17, 15) is 14.7 Å². The van der Waals surface area contributed by atoms with Crippen LogP contribution in [0.5, 0.6) is 0 Å². The van der Waals surface area contributed by atoms with Crippen LogP contribution in [0.25, 0.3) is 0 Å². The van der Waals surface area contributed by atoms with E-state index in [2.05, 4.69) is 63.1 Å². The van der Waals surface area contributed by atoms with E-state index in [4.69, 9.17) is 4.74 Å². The third-order valence-corrected chi connectivity index (χ3v) is 5.55. The number of carboxylic acids is 1. The van der Waals surface area contributed by atoms with Crippen LogP contribution in [-0.4, -0.2) is 47.7 Å². The maximum Gasteiger partial charge on any atom is 0.327 e. The average Bonchev–Trinajstić information content (AvgIpc) is 2.70. The second-order valence-electron chi connectivity index (χ2n) is 7.99. The predicted octanol–water partition coefficient (Wildman–Crippen LogP) is 5.20.